The van der Waals surface area contributed by atoms with Gasteiger partial charge in [0.25, 0.3) is 0 Å². The first-order valence-electron chi connectivity index (χ1n) is 5.74. The third kappa shape index (κ3) is 2.43. The summed E-state index contributed by atoms with van der Waals surface area (Å²) < 4.78 is 40.5. The Morgan fingerprint density at radius 1 is 0.905 bits per heavy atom. The van der Waals surface area contributed by atoms with E-state index >= 15 is 0 Å². The molecule has 7 heteroatoms. The van der Waals surface area contributed by atoms with Crippen molar-refractivity contribution in [2.24, 2.45) is 0 Å². The number of aromatic nitrogens is 2. The van der Waals surface area contributed by atoms with Crippen LogP contribution in [0.3, 0.4) is 0 Å². The number of halogens is 5. The zero-order chi connectivity index (χ0) is 15.1. The molecular formula is C14H5Cl2F3N2. The van der Waals surface area contributed by atoms with Crippen LogP contribution in [0.1, 0.15) is 0 Å². The molecule has 2 nitrogen and oxygen atoms in total. The number of fused-ring (bicyclic) bond motifs is 1. The highest BCUT2D eigenvalue weighted by Crippen LogP contribution is 2.29. The normalized spacial score (nSPS) is 11.1. The lowest BCUT2D eigenvalue weighted by atomic mass is 10.1. The Bertz CT molecular complexity index is 868. The summed E-state index contributed by atoms with van der Waals surface area (Å²) in [5.74, 6) is -2.90. The molecule has 0 radical (unpaired) electrons. The lowest BCUT2D eigenvalue weighted by molar-refractivity contribution is 0.510. The van der Waals surface area contributed by atoms with Crippen LogP contribution in [0.25, 0.3) is 22.3 Å². The zero-order valence-corrected chi connectivity index (χ0v) is 11.7. The highest BCUT2D eigenvalue weighted by atomic mass is 35.5. The second-order valence-corrected chi connectivity index (χ2v) is 4.99. The quantitative estimate of drug-likeness (QED) is 0.586. The van der Waals surface area contributed by atoms with Crippen molar-refractivity contribution in [3.8, 4) is 11.4 Å². The van der Waals surface area contributed by atoms with Crippen LogP contribution >= 0.6 is 23.2 Å². The summed E-state index contributed by atoms with van der Waals surface area (Å²) in [6.07, 6.45) is 0. The van der Waals surface area contributed by atoms with Gasteiger partial charge in [-0.15, -0.1) is 0 Å². The Hall–Kier alpha value is -1.85. The summed E-state index contributed by atoms with van der Waals surface area (Å²) in [4.78, 5) is 7.92. The predicted molar refractivity (Wildman–Crippen MR) is 74.9 cm³/mol. The van der Waals surface area contributed by atoms with Crippen molar-refractivity contribution in [1.82, 2.24) is 9.97 Å². The van der Waals surface area contributed by atoms with Crippen molar-refractivity contribution in [2.45, 2.75) is 0 Å². The van der Waals surface area contributed by atoms with Gasteiger partial charge in [0.15, 0.2) is 23.3 Å². The smallest absolute Gasteiger partial charge is 0.164 e. The standard InChI is InChI=1S/C14H5Cl2F3N2/c15-8-3-1-2-6(12(8)19)14-20-11-5-10(18)9(17)4-7(11)13(16)21-14/h1-5H. The van der Waals surface area contributed by atoms with Gasteiger partial charge in [-0.25, -0.2) is 23.1 Å². The third-order valence-corrected chi connectivity index (χ3v) is 3.46. The van der Waals surface area contributed by atoms with Gasteiger partial charge in [0.05, 0.1) is 16.1 Å². The van der Waals surface area contributed by atoms with Gasteiger partial charge < -0.3 is 0 Å². The molecule has 0 unspecified atom stereocenters. The molecule has 0 saturated carbocycles. The maximum absolute atomic E-state index is 14.0. The van der Waals surface area contributed by atoms with Crippen LogP contribution in [0.4, 0.5) is 13.2 Å². The molecule has 3 aromatic rings. The van der Waals surface area contributed by atoms with Crippen LogP contribution in [0.15, 0.2) is 30.3 Å². The van der Waals surface area contributed by atoms with Crippen molar-refractivity contribution in [3.63, 3.8) is 0 Å². The molecule has 0 atom stereocenters. The molecule has 3 rings (SSSR count). The number of rotatable bonds is 1. The summed E-state index contributed by atoms with van der Waals surface area (Å²) in [7, 11) is 0. The molecule has 2 aromatic carbocycles. The first-order chi connectivity index (χ1) is 9.97. The van der Waals surface area contributed by atoms with E-state index in [0.29, 0.717) is 0 Å². The molecule has 0 aliphatic heterocycles. The fourth-order valence-corrected chi connectivity index (χ4v) is 2.29. The fourth-order valence-electron chi connectivity index (χ4n) is 1.88. The van der Waals surface area contributed by atoms with E-state index in [0.717, 1.165) is 12.1 Å². The Labute approximate surface area is 127 Å². The summed E-state index contributed by atoms with van der Waals surface area (Å²) in [6.45, 7) is 0. The minimum absolute atomic E-state index is 0.0241. The van der Waals surface area contributed by atoms with Crippen LogP contribution in [0.2, 0.25) is 10.2 Å². The van der Waals surface area contributed by atoms with Crippen LogP contribution in [-0.2, 0) is 0 Å². The molecule has 0 N–H and O–H groups in total. The molecule has 0 fully saturated rings. The molecule has 0 bridgehead atoms. The topological polar surface area (TPSA) is 25.8 Å². The van der Waals surface area contributed by atoms with Crippen molar-refractivity contribution in [2.75, 3.05) is 0 Å². The van der Waals surface area contributed by atoms with Gasteiger partial charge >= 0.3 is 0 Å². The molecule has 0 aliphatic rings. The van der Waals surface area contributed by atoms with Crippen molar-refractivity contribution >= 4 is 34.1 Å². The highest BCUT2D eigenvalue weighted by molar-refractivity contribution is 6.34. The maximum Gasteiger partial charge on any atom is 0.164 e. The molecule has 106 valence electrons. The molecule has 1 heterocycles. The molecule has 21 heavy (non-hydrogen) atoms. The summed E-state index contributed by atoms with van der Waals surface area (Å²) in [5.41, 5.74) is 0.0966. The molecule has 0 saturated heterocycles. The van der Waals surface area contributed by atoms with Crippen molar-refractivity contribution in [1.29, 1.82) is 0 Å². The van der Waals surface area contributed by atoms with E-state index in [4.69, 9.17) is 23.2 Å². The molecular weight excluding hydrogens is 324 g/mol. The molecule has 0 amide bonds. The van der Waals surface area contributed by atoms with Gasteiger partial charge in [0.2, 0.25) is 0 Å². The Morgan fingerprint density at radius 3 is 2.38 bits per heavy atom. The number of hydrogen-bond acceptors (Lipinski definition) is 2. The summed E-state index contributed by atoms with van der Waals surface area (Å²) in [6, 6.07) is 6.08. The van der Waals surface area contributed by atoms with Crippen LogP contribution in [0, 0.1) is 17.5 Å². The van der Waals surface area contributed by atoms with E-state index in [-0.39, 0.29) is 32.5 Å². The fraction of sp³-hybridized carbons (Fsp3) is 0. The predicted octanol–water partition coefficient (Wildman–Crippen LogP) is 5.02. The van der Waals surface area contributed by atoms with Crippen LogP contribution in [0.5, 0.6) is 0 Å². The Morgan fingerprint density at radius 2 is 1.62 bits per heavy atom. The number of hydrogen-bond donors (Lipinski definition) is 0. The maximum atomic E-state index is 14.0. The largest absolute Gasteiger partial charge is 0.228 e. The SMILES string of the molecule is Fc1cc2nc(-c3cccc(Cl)c3F)nc(Cl)c2cc1F. The molecule has 0 spiro atoms. The lowest BCUT2D eigenvalue weighted by Gasteiger charge is -2.07. The van der Waals surface area contributed by atoms with Gasteiger partial charge in [-0.1, -0.05) is 29.3 Å². The molecule has 1 aromatic heterocycles. The first kappa shape index (κ1) is 14.1. The van der Waals surface area contributed by atoms with Crippen molar-refractivity contribution in [3.05, 3.63) is 58.0 Å². The van der Waals surface area contributed by atoms with E-state index < -0.39 is 17.5 Å². The van der Waals surface area contributed by atoms with E-state index in [1.54, 1.807) is 0 Å². The van der Waals surface area contributed by atoms with Crippen LogP contribution < -0.4 is 0 Å². The van der Waals surface area contributed by atoms with E-state index in [1.807, 2.05) is 0 Å². The van der Waals surface area contributed by atoms with Gasteiger partial charge in [-0.05, 0) is 18.2 Å². The third-order valence-electron chi connectivity index (χ3n) is 2.88. The van der Waals surface area contributed by atoms with Crippen molar-refractivity contribution < 1.29 is 13.2 Å². The second-order valence-electron chi connectivity index (χ2n) is 4.22. The second kappa shape index (κ2) is 5.16. The van der Waals surface area contributed by atoms with Gasteiger partial charge in [0.1, 0.15) is 5.15 Å². The minimum atomic E-state index is -1.07. The Kier molecular flexibility index (Phi) is 3.47. The Balaban J connectivity index is 2.30. The first-order valence-corrected chi connectivity index (χ1v) is 6.49. The van der Waals surface area contributed by atoms with Gasteiger partial charge in [-0.3, -0.25) is 0 Å². The average Bonchev–Trinajstić information content (AvgIpc) is 2.44. The van der Waals surface area contributed by atoms with E-state index in [1.165, 1.54) is 18.2 Å². The van der Waals surface area contributed by atoms with E-state index in [9.17, 15) is 13.2 Å². The average molecular weight is 329 g/mol. The van der Waals surface area contributed by atoms with Gasteiger partial charge in [0, 0.05) is 11.5 Å². The van der Waals surface area contributed by atoms with Crippen LogP contribution in [-0.4, -0.2) is 9.97 Å². The number of nitrogens with zero attached hydrogens (tertiary/aromatic N) is 2. The van der Waals surface area contributed by atoms with E-state index in [2.05, 4.69) is 9.97 Å². The summed E-state index contributed by atoms with van der Waals surface area (Å²) >= 11 is 11.6. The minimum Gasteiger partial charge on any atom is -0.228 e. The zero-order valence-electron chi connectivity index (χ0n) is 10.2. The highest BCUT2D eigenvalue weighted by Gasteiger charge is 2.15. The summed E-state index contributed by atoms with van der Waals surface area (Å²) in [5, 5.41) is -0.0624. The lowest BCUT2D eigenvalue weighted by Crippen LogP contribution is -1.96. The van der Waals surface area contributed by atoms with Gasteiger partial charge in [-0.2, -0.15) is 0 Å². The molecule has 0 aliphatic carbocycles. The number of benzene rings is 2. The monoisotopic (exact) mass is 328 g/mol.